The lowest BCUT2D eigenvalue weighted by Crippen LogP contribution is -2.14. The summed E-state index contributed by atoms with van der Waals surface area (Å²) in [5, 5.41) is 17.5. The third kappa shape index (κ3) is 1.54. The molecule has 0 aromatic rings. The van der Waals surface area contributed by atoms with Gasteiger partial charge >= 0.3 is 0 Å². The molecule has 0 aromatic heterocycles. The molecule has 1 rings (SSSR count). The monoisotopic (exact) mass is 158 g/mol. The minimum Gasteiger partial charge on any atom is -0.197 e. The normalized spacial score (nSPS) is 28.0. The molecule has 0 radical (unpaired) electrons. The van der Waals surface area contributed by atoms with Crippen LogP contribution in [0.1, 0.15) is 20.3 Å². The highest BCUT2D eigenvalue weighted by atomic mass is 14.4. The van der Waals surface area contributed by atoms with Crippen molar-refractivity contribution < 1.29 is 0 Å². The fourth-order valence-corrected chi connectivity index (χ4v) is 1.46. The maximum Gasteiger partial charge on any atom is 0.0947 e. The zero-order valence-corrected chi connectivity index (χ0v) is 7.26. The first-order valence-corrected chi connectivity index (χ1v) is 3.81. The largest absolute Gasteiger partial charge is 0.197 e. The average Bonchev–Trinajstić information content (AvgIpc) is 2.03. The highest BCUT2D eigenvalue weighted by Gasteiger charge is 2.25. The Labute approximate surface area is 72.4 Å². The van der Waals surface area contributed by atoms with Gasteiger partial charge in [0.1, 0.15) is 0 Å². The molecular weight excluding hydrogens is 148 g/mol. The van der Waals surface area contributed by atoms with Gasteiger partial charge in [0.2, 0.25) is 0 Å². The molecule has 0 amide bonds. The van der Waals surface area contributed by atoms with Gasteiger partial charge in [-0.25, -0.2) is 0 Å². The molecule has 2 heteroatoms. The summed E-state index contributed by atoms with van der Waals surface area (Å²) < 4.78 is 0. The van der Waals surface area contributed by atoms with E-state index in [0.29, 0.717) is 12.0 Å². The molecule has 1 aliphatic carbocycles. The average molecular weight is 158 g/mol. The van der Waals surface area contributed by atoms with Gasteiger partial charge in [-0.05, 0) is 19.9 Å². The van der Waals surface area contributed by atoms with Crippen LogP contribution in [0.25, 0.3) is 0 Å². The molecule has 1 aliphatic rings. The Kier molecular flexibility index (Phi) is 2.02. The molecular formula is C10H10N2. The van der Waals surface area contributed by atoms with E-state index in [1.54, 1.807) is 0 Å². The van der Waals surface area contributed by atoms with Gasteiger partial charge in [-0.1, -0.05) is 11.6 Å². The van der Waals surface area contributed by atoms with Crippen LogP contribution in [0.3, 0.4) is 0 Å². The SMILES string of the molecule is CC1=CC(C)(C#N)CC(C#N)=C1. The van der Waals surface area contributed by atoms with Crippen molar-refractivity contribution in [2.75, 3.05) is 0 Å². The minimum absolute atomic E-state index is 0.482. The lowest BCUT2D eigenvalue weighted by atomic mass is 9.80. The molecule has 12 heavy (non-hydrogen) atoms. The number of rotatable bonds is 0. The Bertz CT molecular complexity index is 336. The van der Waals surface area contributed by atoms with Crippen LogP contribution < -0.4 is 0 Å². The van der Waals surface area contributed by atoms with E-state index in [1.807, 2.05) is 26.0 Å². The fraction of sp³-hybridized carbons (Fsp3) is 0.400. The zero-order chi connectivity index (χ0) is 9.19. The van der Waals surface area contributed by atoms with Gasteiger partial charge in [-0.15, -0.1) is 0 Å². The van der Waals surface area contributed by atoms with E-state index in [4.69, 9.17) is 10.5 Å². The molecule has 0 aromatic carbocycles. The predicted octanol–water partition coefficient (Wildman–Crippen LogP) is 2.32. The Balaban J connectivity index is 3.04. The van der Waals surface area contributed by atoms with Crippen molar-refractivity contribution in [3.8, 4) is 12.1 Å². The number of hydrogen-bond acceptors (Lipinski definition) is 2. The molecule has 0 fully saturated rings. The van der Waals surface area contributed by atoms with Gasteiger partial charge in [0, 0.05) is 12.0 Å². The summed E-state index contributed by atoms with van der Waals surface area (Å²) >= 11 is 0. The third-order valence-corrected chi connectivity index (χ3v) is 1.90. The van der Waals surface area contributed by atoms with Crippen molar-refractivity contribution in [2.45, 2.75) is 20.3 Å². The fourth-order valence-electron chi connectivity index (χ4n) is 1.46. The second-order valence-electron chi connectivity index (χ2n) is 3.38. The number of nitriles is 2. The first-order chi connectivity index (χ1) is 5.59. The minimum atomic E-state index is -0.482. The summed E-state index contributed by atoms with van der Waals surface area (Å²) in [6.45, 7) is 3.76. The molecule has 0 aliphatic heterocycles. The summed E-state index contributed by atoms with van der Waals surface area (Å²) in [5.74, 6) is 0. The van der Waals surface area contributed by atoms with Crippen molar-refractivity contribution in [1.29, 1.82) is 10.5 Å². The van der Waals surface area contributed by atoms with Crippen LogP contribution in [-0.4, -0.2) is 0 Å². The lowest BCUT2D eigenvalue weighted by molar-refractivity contribution is 0.557. The summed E-state index contributed by atoms with van der Waals surface area (Å²) in [6, 6.07) is 4.30. The quantitative estimate of drug-likeness (QED) is 0.543. The standard InChI is InChI=1S/C10H10N2/c1-8-3-9(6-11)5-10(2,4-8)7-12/h3-4H,5H2,1-2H3. The maximum absolute atomic E-state index is 8.85. The smallest absolute Gasteiger partial charge is 0.0947 e. The van der Waals surface area contributed by atoms with Crippen LogP contribution in [-0.2, 0) is 0 Å². The molecule has 0 saturated heterocycles. The summed E-state index contributed by atoms with van der Waals surface area (Å²) in [5.41, 5.74) is 1.21. The van der Waals surface area contributed by atoms with Gasteiger partial charge in [0.15, 0.2) is 0 Å². The molecule has 0 heterocycles. The van der Waals surface area contributed by atoms with Crippen molar-refractivity contribution in [3.05, 3.63) is 23.3 Å². The summed E-state index contributed by atoms with van der Waals surface area (Å²) in [7, 11) is 0. The van der Waals surface area contributed by atoms with Crippen molar-refractivity contribution >= 4 is 0 Å². The van der Waals surface area contributed by atoms with E-state index in [-0.39, 0.29) is 0 Å². The molecule has 0 N–H and O–H groups in total. The number of hydrogen-bond donors (Lipinski definition) is 0. The Morgan fingerprint density at radius 2 is 2.17 bits per heavy atom. The van der Waals surface area contributed by atoms with Gasteiger partial charge in [0.05, 0.1) is 17.6 Å². The van der Waals surface area contributed by atoms with Crippen LogP contribution in [0.4, 0.5) is 0 Å². The highest BCUT2D eigenvalue weighted by molar-refractivity contribution is 5.39. The molecule has 1 atom stereocenters. The Morgan fingerprint density at radius 1 is 1.50 bits per heavy atom. The van der Waals surface area contributed by atoms with Crippen molar-refractivity contribution in [3.63, 3.8) is 0 Å². The van der Waals surface area contributed by atoms with Gasteiger partial charge < -0.3 is 0 Å². The predicted molar refractivity (Wildman–Crippen MR) is 45.8 cm³/mol. The molecule has 0 spiro atoms. The van der Waals surface area contributed by atoms with Gasteiger partial charge in [-0.3, -0.25) is 0 Å². The maximum atomic E-state index is 8.85. The summed E-state index contributed by atoms with van der Waals surface area (Å²) in [6.07, 6.45) is 4.28. The van der Waals surface area contributed by atoms with Crippen LogP contribution >= 0.6 is 0 Å². The third-order valence-electron chi connectivity index (χ3n) is 1.90. The van der Waals surface area contributed by atoms with Crippen molar-refractivity contribution in [1.82, 2.24) is 0 Å². The van der Waals surface area contributed by atoms with Crippen LogP contribution in [0, 0.1) is 28.1 Å². The first kappa shape index (κ1) is 8.56. The second kappa shape index (κ2) is 2.83. The first-order valence-electron chi connectivity index (χ1n) is 3.81. The van der Waals surface area contributed by atoms with E-state index in [2.05, 4.69) is 12.1 Å². The Hall–Kier alpha value is -1.54. The summed E-state index contributed by atoms with van der Waals surface area (Å²) in [4.78, 5) is 0. The van der Waals surface area contributed by atoms with Gasteiger partial charge in [-0.2, -0.15) is 10.5 Å². The van der Waals surface area contributed by atoms with Crippen LogP contribution in [0.2, 0.25) is 0 Å². The van der Waals surface area contributed by atoms with E-state index in [1.165, 1.54) is 0 Å². The van der Waals surface area contributed by atoms with Crippen LogP contribution in [0.5, 0.6) is 0 Å². The molecule has 2 nitrogen and oxygen atoms in total. The number of allylic oxidation sites excluding steroid dienone is 4. The number of nitrogens with zero attached hydrogens (tertiary/aromatic N) is 2. The molecule has 60 valence electrons. The van der Waals surface area contributed by atoms with E-state index in [0.717, 1.165) is 5.57 Å². The van der Waals surface area contributed by atoms with E-state index in [9.17, 15) is 0 Å². The highest BCUT2D eigenvalue weighted by Crippen LogP contribution is 2.32. The molecule has 0 bridgehead atoms. The second-order valence-corrected chi connectivity index (χ2v) is 3.38. The topological polar surface area (TPSA) is 47.6 Å². The lowest BCUT2D eigenvalue weighted by Gasteiger charge is -2.20. The zero-order valence-electron chi connectivity index (χ0n) is 7.26. The van der Waals surface area contributed by atoms with Crippen molar-refractivity contribution in [2.24, 2.45) is 5.41 Å². The Morgan fingerprint density at radius 3 is 2.67 bits per heavy atom. The van der Waals surface area contributed by atoms with Gasteiger partial charge in [0.25, 0.3) is 0 Å². The van der Waals surface area contributed by atoms with E-state index < -0.39 is 5.41 Å². The van der Waals surface area contributed by atoms with E-state index >= 15 is 0 Å². The van der Waals surface area contributed by atoms with Crippen LogP contribution in [0.15, 0.2) is 23.3 Å². The molecule has 0 saturated carbocycles. The molecule has 1 unspecified atom stereocenters.